The van der Waals surface area contributed by atoms with E-state index in [1.54, 1.807) is 7.11 Å². The molecule has 0 saturated carbocycles. The Morgan fingerprint density at radius 2 is 2.10 bits per heavy atom. The third-order valence-electron chi connectivity index (χ3n) is 3.12. The van der Waals surface area contributed by atoms with Gasteiger partial charge < -0.3 is 10.1 Å². The molecule has 0 aliphatic rings. The summed E-state index contributed by atoms with van der Waals surface area (Å²) in [5.74, 6) is 0. The molecule has 2 rings (SSSR count). The molecule has 0 fully saturated rings. The number of anilines is 1. The van der Waals surface area contributed by atoms with Gasteiger partial charge in [-0.05, 0) is 35.0 Å². The normalized spacial score (nSPS) is 10.8. The molecule has 0 unspecified atom stereocenters. The Kier molecular flexibility index (Phi) is 5.23. The molecule has 1 aromatic heterocycles. The number of nitrogens with zero attached hydrogens (tertiary/aromatic N) is 2. The van der Waals surface area contributed by atoms with Crippen LogP contribution in [0.2, 0.25) is 0 Å². The first kappa shape index (κ1) is 15.5. The van der Waals surface area contributed by atoms with Crippen molar-refractivity contribution in [2.45, 2.75) is 20.1 Å². The Labute approximate surface area is 135 Å². The van der Waals surface area contributed by atoms with Crippen molar-refractivity contribution in [1.82, 2.24) is 9.78 Å². The molecule has 0 amide bonds. The Morgan fingerprint density at radius 1 is 1.35 bits per heavy atom. The minimum Gasteiger partial charge on any atom is -0.380 e. The summed E-state index contributed by atoms with van der Waals surface area (Å²) in [5.41, 5.74) is 4.29. The molecule has 6 heteroatoms. The van der Waals surface area contributed by atoms with Crippen molar-refractivity contribution in [3.05, 3.63) is 44.1 Å². The van der Waals surface area contributed by atoms with Crippen LogP contribution in [-0.2, 0) is 24.9 Å². The molecule has 1 aromatic carbocycles. The molecule has 0 aliphatic carbocycles. The molecule has 1 N–H and O–H groups in total. The summed E-state index contributed by atoms with van der Waals surface area (Å²) in [6, 6.07) is 6.08. The molecule has 20 heavy (non-hydrogen) atoms. The maximum absolute atomic E-state index is 5.26. The van der Waals surface area contributed by atoms with Gasteiger partial charge in [-0.2, -0.15) is 5.10 Å². The zero-order valence-electron chi connectivity index (χ0n) is 11.7. The SMILES string of the molecule is COCc1c(Br)cccc1NCc1c(Br)c(C)nn1C. The summed E-state index contributed by atoms with van der Waals surface area (Å²) in [6.07, 6.45) is 0. The lowest BCUT2D eigenvalue weighted by Gasteiger charge is -2.13. The first-order valence-corrected chi connectivity index (χ1v) is 7.81. The highest BCUT2D eigenvalue weighted by molar-refractivity contribution is 9.10. The zero-order valence-corrected chi connectivity index (χ0v) is 14.9. The average Bonchev–Trinajstić information content (AvgIpc) is 2.65. The molecule has 0 atom stereocenters. The van der Waals surface area contributed by atoms with Crippen molar-refractivity contribution in [2.24, 2.45) is 7.05 Å². The lowest BCUT2D eigenvalue weighted by atomic mass is 10.2. The number of hydrogen-bond donors (Lipinski definition) is 1. The van der Waals surface area contributed by atoms with Gasteiger partial charge in [0.1, 0.15) is 0 Å². The number of rotatable bonds is 5. The van der Waals surface area contributed by atoms with Crippen LogP contribution < -0.4 is 5.32 Å². The second kappa shape index (κ2) is 6.74. The quantitative estimate of drug-likeness (QED) is 0.820. The van der Waals surface area contributed by atoms with Gasteiger partial charge in [0.15, 0.2) is 0 Å². The number of hydrogen-bond acceptors (Lipinski definition) is 3. The Bertz CT molecular complexity index is 611. The van der Waals surface area contributed by atoms with Crippen LogP contribution in [0.4, 0.5) is 5.69 Å². The minimum absolute atomic E-state index is 0.565. The van der Waals surface area contributed by atoms with E-state index in [0.29, 0.717) is 13.2 Å². The van der Waals surface area contributed by atoms with Gasteiger partial charge >= 0.3 is 0 Å². The summed E-state index contributed by atoms with van der Waals surface area (Å²) >= 11 is 7.14. The molecular formula is C14H17Br2N3O. The van der Waals surface area contributed by atoms with Crippen LogP contribution >= 0.6 is 31.9 Å². The van der Waals surface area contributed by atoms with Crippen molar-refractivity contribution in [1.29, 1.82) is 0 Å². The van der Waals surface area contributed by atoms with Crippen LogP contribution in [0.5, 0.6) is 0 Å². The molecule has 108 valence electrons. The second-order valence-corrected chi connectivity index (χ2v) is 6.17. The Hall–Kier alpha value is -0.850. The molecular weight excluding hydrogens is 386 g/mol. The fourth-order valence-corrected chi connectivity index (χ4v) is 3.02. The van der Waals surface area contributed by atoms with Gasteiger partial charge in [0, 0.05) is 29.9 Å². The van der Waals surface area contributed by atoms with Gasteiger partial charge in [0.2, 0.25) is 0 Å². The van der Waals surface area contributed by atoms with E-state index in [1.807, 2.05) is 30.8 Å². The third kappa shape index (κ3) is 3.24. The van der Waals surface area contributed by atoms with Gasteiger partial charge in [-0.25, -0.2) is 0 Å². The van der Waals surface area contributed by atoms with Crippen molar-refractivity contribution < 1.29 is 4.74 Å². The standard InChI is InChI=1S/C14H17Br2N3O/c1-9-14(16)13(19(2)18-9)7-17-12-6-4-5-11(15)10(12)8-20-3/h4-6,17H,7-8H2,1-3H3. The lowest BCUT2D eigenvalue weighted by Crippen LogP contribution is -2.08. The fraction of sp³-hybridized carbons (Fsp3) is 0.357. The van der Waals surface area contributed by atoms with Gasteiger partial charge in [0.25, 0.3) is 0 Å². The Morgan fingerprint density at radius 3 is 2.70 bits per heavy atom. The van der Waals surface area contributed by atoms with Crippen molar-refractivity contribution in [3.63, 3.8) is 0 Å². The number of ether oxygens (including phenoxy) is 1. The van der Waals surface area contributed by atoms with Gasteiger partial charge in [-0.15, -0.1) is 0 Å². The van der Waals surface area contributed by atoms with Crippen LogP contribution in [-0.4, -0.2) is 16.9 Å². The molecule has 0 saturated heterocycles. The third-order valence-corrected chi connectivity index (χ3v) is 4.89. The van der Waals surface area contributed by atoms with Gasteiger partial charge in [-0.1, -0.05) is 22.0 Å². The number of halogens is 2. The first-order valence-electron chi connectivity index (χ1n) is 6.22. The van der Waals surface area contributed by atoms with E-state index >= 15 is 0 Å². The maximum Gasteiger partial charge on any atom is 0.0744 e. The minimum atomic E-state index is 0.565. The smallest absolute Gasteiger partial charge is 0.0744 e. The van der Waals surface area contributed by atoms with E-state index in [0.717, 1.165) is 31.6 Å². The molecule has 0 bridgehead atoms. The maximum atomic E-state index is 5.26. The highest BCUT2D eigenvalue weighted by Crippen LogP contribution is 2.27. The summed E-state index contributed by atoms with van der Waals surface area (Å²) < 4.78 is 9.24. The monoisotopic (exact) mass is 401 g/mol. The van der Waals surface area contributed by atoms with E-state index in [9.17, 15) is 0 Å². The molecule has 0 spiro atoms. The van der Waals surface area contributed by atoms with Crippen LogP contribution in [0.3, 0.4) is 0 Å². The molecule has 2 aromatic rings. The summed E-state index contributed by atoms with van der Waals surface area (Å²) in [7, 11) is 3.65. The Balaban J connectivity index is 2.21. The second-order valence-electron chi connectivity index (χ2n) is 4.52. The summed E-state index contributed by atoms with van der Waals surface area (Å²) in [6.45, 7) is 3.25. The van der Waals surface area contributed by atoms with Crippen LogP contribution in [0.25, 0.3) is 0 Å². The summed E-state index contributed by atoms with van der Waals surface area (Å²) in [5, 5.41) is 7.84. The highest BCUT2D eigenvalue weighted by Gasteiger charge is 2.12. The molecule has 0 radical (unpaired) electrons. The van der Waals surface area contributed by atoms with E-state index in [1.165, 1.54) is 0 Å². The fourth-order valence-electron chi connectivity index (χ4n) is 2.07. The largest absolute Gasteiger partial charge is 0.380 e. The highest BCUT2D eigenvalue weighted by atomic mass is 79.9. The van der Waals surface area contributed by atoms with Crippen LogP contribution in [0, 0.1) is 6.92 Å². The number of aryl methyl sites for hydroxylation is 2. The van der Waals surface area contributed by atoms with Gasteiger partial charge in [-0.3, -0.25) is 4.68 Å². The van der Waals surface area contributed by atoms with Crippen molar-refractivity contribution >= 4 is 37.5 Å². The number of methoxy groups -OCH3 is 1. The zero-order chi connectivity index (χ0) is 14.7. The van der Waals surface area contributed by atoms with Crippen molar-refractivity contribution in [2.75, 3.05) is 12.4 Å². The van der Waals surface area contributed by atoms with E-state index in [2.05, 4.69) is 48.3 Å². The summed E-state index contributed by atoms with van der Waals surface area (Å²) in [4.78, 5) is 0. The average molecular weight is 403 g/mol. The van der Waals surface area contributed by atoms with E-state index in [-0.39, 0.29) is 0 Å². The van der Waals surface area contributed by atoms with Crippen LogP contribution in [0.15, 0.2) is 27.1 Å². The first-order chi connectivity index (χ1) is 9.54. The molecule has 0 aliphatic heterocycles. The van der Waals surface area contributed by atoms with Crippen LogP contribution in [0.1, 0.15) is 17.0 Å². The van der Waals surface area contributed by atoms with Crippen molar-refractivity contribution in [3.8, 4) is 0 Å². The number of benzene rings is 1. The predicted molar refractivity (Wildman–Crippen MR) is 87.8 cm³/mol. The van der Waals surface area contributed by atoms with Gasteiger partial charge in [0.05, 0.1) is 29.0 Å². The van der Waals surface area contributed by atoms with E-state index in [4.69, 9.17) is 4.74 Å². The van der Waals surface area contributed by atoms with E-state index < -0.39 is 0 Å². The number of nitrogens with one attached hydrogen (secondary N) is 1. The molecule has 1 heterocycles. The lowest BCUT2D eigenvalue weighted by molar-refractivity contribution is 0.185. The topological polar surface area (TPSA) is 39.1 Å². The predicted octanol–water partition coefficient (Wildman–Crippen LogP) is 4.01. The molecule has 4 nitrogen and oxygen atoms in total. The number of aromatic nitrogens is 2.